The Hall–Kier alpha value is -1.09. The van der Waals surface area contributed by atoms with E-state index in [1.807, 2.05) is 6.07 Å². The molecule has 1 saturated carbocycles. The van der Waals surface area contributed by atoms with Gasteiger partial charge in [0.15, 0.2) is 0 Å². The molecule has 1 unspecified atom stereocenters. The van der Waals surface area contributed by atoms with Crippen molar-refractivity contribution in [3.63, 3.8) is 0 Å². The molecule has 0 bridgehead atoms. The van der Waals surface area contributed by atoms with Gasteiger partial charge in [-0.05, 0) is 50.7 Å². The minimum absolute atomic E-state index is 0.209. The first kappa shape index (κ1) is 13.3. The van der Waals surface area contributed by atoms with Crippen LogP contribution < -0.4 is 10.5 Å². The number of halogens is 1. The van der Waals surface area contributed by atoms with Crippen LogP contribution in [0.1, 0.15) is 51.1 Å². The van der Waals surface area contributed by atoms with Crippen LogP contribution >= 0.6 is 0 Å². The van der Waals surface area contributed by atoms with Crippen molar-refractivity contribution < 1.29 is 9.13 Å². The van der Waals surface area contributed by atoms with Crippen LogP contribution in [0.3, 0.4) is 0 Å². The molecule has 1 aliphatic rings. The summed E-state index contributed by atoms with van der Waals surface area (Å²) in [7, 11) is 0. The summed E-state index contributed by atoms with van der Waals surface area (Å²) in [4.78, 5) is 0. The molecule has 1 fully saturated rings. The number of benzene rings is 1. The molecule has 3 heteroatoms. The Balaban J connectivity index is 2.11. The van der Waals surface area contributed by atoms with E-state index in [9.17, 15) is 4.39 Å². The molecule has 0 aromatic heterocycles. The van der Waals surface area contributed by atoms with Crippen molar-refractivity contribution in [2.24, 2.45) is 11.7 Å². The van der Waals surface area contributed by atoms with Crippen molar-refractivity contribution in [3.05, 3.63) is 29.6 Å². The Kier molecular flexibility index (Phi) is 4.23. The summed E-state index contributed by atoms with van der Waals surface area (Å²) >= 11 is 0. The van der Waals surface area contributed by atoms with Crippen LogP contribution in [-0.4, -0.2) is 6.10 Å². The highest BCUT2D eigenvalue weighted by Gasteiger charge is 2.22. The van der Waals surface area contributed by atoms with Crippen LogP contribution in [0, 0.1) is 11.7 Å². The molecule has 0 saturated heterocycles. The summed E-state index contributed by atoms with van der Waals surface area (Å²) in [5.41, 5.74) is 6.32. The lowest BCUT2D eigenvalue weighted by atomic mass is 9.89. The highest BCUT2D eigenvalue weighted by Crippen LogP contribution is 2.31. The summed E-state index contributed by atoms with van der Waals surface area (Å²) in [6.45, 7) is 4.06. The monoisotopic (exact) mass is 251 g/mol. The lowest BCUT2D eigenvalue weighted by molar-refractivity contribution is 0.133. The van der Waals surface area contributed by atoms with Gasteiger partial charge in [0.25, 0.3) is 0 Å². The molecular formula is C15H22FNO. The topological polar surface area (TPSA) is 35.2 Å². The van der Waals surface area contributed by atoms with Gasteiger partial charge in [0, 0.05) is 11.6 Å². The minimum Gasteiger partial charge on any atom is -0.490 e. The van der Waals surface area contributed by atoms with E-state index in [0.717, 1.165) is 18.8 Å². The van der Waals surface area contributed by atoms with Crippen molar-refractivity contribution in [3.8, 4) is 5.75 Å². The fourth-order valence-electron chi connectivity index (χ4n) is 2.59. The van der Waals surface area contributed by atoms with Crippen molar-refractivity contribution in [2.75, 3.05) is 0 Å². The van der Waals surface area contributed by atoms with Gasteiger partial charge in [0.1, 0.15) is 11.6 Å². The average Bonchev–Trinajstić information content (AvgIpc) is 2.32. The molecule has 2 N–H and O–H groups in total. The zero-order valence-corrected chi connectivity index (χ0v) is 11.2. The number of rotatable bonds is 3. The van der Waals surface area contributed by atoms with Gasteiger partial charge in [-0.15, -0.1) is 0 Å². The summed E-state index contributed by atoms with van der Waals surface area (Å²) in [5, 5.41) is 0. The lowest BCUT2D eigenvalue weighted by Crippen LogP contribution is -2.24. The van der Waals surface area contributed by atoms with E-state index in [2.05, 4.69) is 6.92 Å². The highest BCUT2D eigenvalue weighted by molar-refractivity contribution is 5.37. The van der Waals surface area contributed by atoms with E-state index in [-0.39, 0.29) is 18.0 Å². The Morgan fingerprint density at radius 3 is 2.56 bits per heavy atom. The molecule has 0 spiro atoms. The van der Waals surface area contributed by atoms with E-state index >= 15 is 0 Å². The van der Waals surface area contributed by atoms with E-state index in [1.54, 1.807) is 13.0 Å². The fourth-order valence-corrected chi connectivity index (χ4v) is 2.59. The summed E-state index contributed by atoms with van der Waals surface area (Å²) in [6, 6.07) is 4.60. The molecule has 1 aromatic carbocycles. The Morgan fingerprint density at radius 1 is 1.28 bits per heavy atom. The Labute approximate surface area is 108 Å². The molecule has 0 amide bonds. The second-order valence-corrected chi connectivity index (χ2v) is 5.44. The van der Waals surface area contributed by atoms with Crippen LogP contribution in [0.4, 0.5) is 4.39 Å². The summed E-state index contributed by atoms with van der Waals surface area (Å²) in [6.07, 6.45) is 4.69. The molecular weight excluding hydrogens is 229 g/mol. The molecule has 2 rings (SSSR count). The maximum Gasteiger partial charge on any atom is 0.131 e. The van der Waals surface area contributed by atoms with Crippen molar-refractivity contribution in [2.45, 2.75) is 51.7 Å². The van der Waals surface area contributed by atoms with E-state index in [4.69, 9.17) is 10.5 Å². The smallest absolute Gasteiger partial charge is 0.131 e. The van der Waals surface area contributed by atoms with Gasteiger partial charge in [-0.2, -0.15) is 0 Å². The standard InChI is InChI=1S/C15H22FNO/c1-10-6-8-12(9-7-10)18-14-5-3-4-13(16)15(14)11(2)17/h3-5,10-12H,6-9,17H2,1-2H3. The Morgan fingerprint density at radius 2 is 1.94 bits per heavy atom. The van der Waals surface area contributed by atoms with E-state index < -0.39 is 0 Å². The third-order valence-corrected chi connectivity index (χ3v) is 3.72. The van der Waals surface area contributed by atoms with Crippen LogP contribution in [0.25, 0.3) is 0 Å². The fraction of sp³-hybridized carbons (Fsp3) is 0.600. The van der Waals surface area contributed by atoms with E-state index in [1.165, 1.54) is 18.9 Å². The molecule has 0 aliphatic heterocycles. The zero-order valence-electron chi connectivity index (χ0n) is 11.2. The molecule has 100 valence electrons. The quantitative estimate of drug-likeness (QED) is 0.886. The van der Waals surface area contributed by atoms with Crippen molar-refractivity contribution >= 4 is 0 Å². The normalized spacial score (nSPS) is 25.8. The van der Waals surface area contributed by atoms with Gasteiger partial charge in [-0.25, -0.2) is 4.39 Å². The molecule has 1 aliphatic carbocycles. The lowest BCUT2D eigenvalue weighted by Gasteiger charge is -2.28. The predicted molar refractivity (Wildman–Crippen MR) is 71.1 cm³/mol. The number of nitrogens with two attached hydrogens (primary N) is 1. The van der Waals surface area contributed by atoms with Crippen LogP contribution in [0.15, 0.2) is 18.2 Å². The SMILES string of the molecule is CC1CCC(Oc2cccc(F)c2C(C)N)CC1. The molecule has 0 heterocycles. The van der Waals surface area contributed by atoms with Gasteiger partial charge >= 0.3 is 0 Å². The first-order valence-corrected chi connectivity index (χ1v) is 6.78. The van der Waals surface area contributed by atoms with Crippen molar-refractivity contribution in [1.82, 2.24) is 0 Å². The number of ether oxygens (including phenoxy) is 1. The highest BCUT2D eigenvalue weighted by atomic mass is 19.1. The third kappa shape index (κ3) is 3.02. The molecule has 0 radical (unpaired) electrons. The van der Waals surface area contributed by atoms with Gasteiger partial charge in [0.2, 0.25) is 0 Å². The second kappa shape index (κ2) is 5.70. The average molecular weight is 251 g/mol. The third-order valence-electron chi connectivity index (χ3n) is 3.72. The van der Waals surface area contributed by atoms with Gasteiger partial charge in [-0.3, -0.25) is 0 Å². The van der Waals surface area contributed by atoms with E-state index in [0.29, 0.717) is 11.3 Å². The first-order chi connectivity index (χ1) is 8.58. The molecule has 2 nitrogen and oxygen atoms in total. The molecule has 18 heavy (non-hydrogen) atoms. The molecule has 1 atom stereocenters. The van der Waals surface area contributed by atoms with Crippen LogP contribution in [0.5, 0.6) is 5.75 Å². The van der Waals surface area contributed by atoms with Gasteiger partial charge in [-0.1, -0.05) is 13.0 Å². The first-order valence-electron chi connectivity index (χ1n) is 6.78. The van der Waals surface area contributed by atoms with Gasteiger partial charge < -0.3 is 10.5 Å². The maximum absolute atomic E-state index is 13.8. The number of hydrogen-bond acceptors (Lipinski definition) is 2. The van der Waals surface area contributed by atoms with Crippen LogP contribution in [0.2, 0.25) is 0 Å². The summed E-state index contributed by atoms with van der Waals surface area (Å²) in [5.74, 6) is 1.13. The molecule has 1 aromatic rings. The van der Waals surface area contributed by atoms with Crippen molar-refractivity contribution in [1.29, 1.82) is 0 Å². The second-order valence-electron chi connectivity index (χ2n) is 5.44. The summed E-state index contributed by atoms with van der Waals surface area (Å²) < 4.78 is 19.7. The minimum atomic E-state index is -0.344. The number of hydrogen-bond donors (Lipinski definition) is 1. The van der Waals surface area contributed by atoms with Gasteiger partial charge in [0.05, 0.1) is 6.10 Å². The maximum atomic E-state index is 13.8. The zero-order chi connectivity index (χ0) is 13.1. The Bertz CT molecular complexity index is 397. The largest absolute Gasteiger partial charge is 0.490 e. The van der Waals surface area contributed by atoms with Crippen LogP contribution in [-0.2, 0) is 0 Å². The predicted octanol–water partition coefficient (Wildman–Crippen LogP) is 3.80.